The molecule has 2 aromatic heterocycles. The van der Waals surface area contributed by atoms with Gasteiger partial charge < -0.3 is 19.0 Å². The van der Waals surface area contributed by atoms with Crippen LogP contribution in [0.25, 0.3) is 11.2 Å². The summed E-state index contributed by atoms with van der Waals surface area (Å²) < 4.78 is 15.0. The average Bonchev–Trinajstić information content (AvgIpc) is 2.92. The fourth-order valence-electron chi connectivity index (χ4n) is 1.60. The van der Waals surface area contributed by atoms with Gasteiger partial charge in [-0.2, -0.15) is 0 Å². The van der Waals surface area contributed by atoms with Gasteiger partial charge in [0, 0.05) is 6.07 Å². The second-order valence-corrected chi connectivity index (χ2v) is 3.55. The fourth-order valence-corrected chi connectivity index (χ4v) is 1.60. The predicted octanol–water partition coefficient (Wildman–Crippen LogP) is 0.857. The minimum atomic E-state index is -0.794. The van der Waals surface area contributed by atoms with Crippen molar-refractivity contribution in [3.05, 3.63) is 23.8 Å². The third-order valence-corrected chi connectivity index (χ3v) is 2.46. The lowest BCUT2D eigenvalue weighted by Gasteiger charge is -2.03. The van der Waals surface area contributed by atoms with Crippen molar-refractivity contribution in [3.63, 3.8) is 0 Å². The minimum absolute atomic E-state index is 0.0502. The molecule has 17 heavy (non-hydrogen) atoms. The normalized spacial score (nSPS) is 13.1. The Labute approximate surface area is 94.4 Å². The topological polar surface area (TPSA) is 86.0 Å². The molecule has 6 nitrogen and oxygen atoms in total. The number of furan rings is 2. The Morgan fingerprint density at radius 2 is 2.29 bits per heavy atom. The zero-order valence-corrected chi connectivity index (χ0v) is 8.48. The lowest BCUT2D eigenvalue weighted by Crippen LogP contribution is -2.13. The van der Waals surface area contributed by atoms with Gasteiger partial charge in [-0.05, 0) is 0 Å². The van der Waals surface area contributed by atoms with E-state index in [1.54, 1.807) is 0 Å². The van der Waals surface area contributed by atoms with E-state index in [9.17, 15) is 9.59 Å². The number of ether oxygens (including phenoxy) is 2. The highest BCUT2D eigenvalue weighted by molar-refractivity contribution is 6.10. The zero-order chi connectivity index (χ0) is 12.2. The summed E-state index contributed by atoms with van der Waals surface area (Å²) in [7, 11) is 0. The van der Waals surface area contributed by atoms with Gasteiger partial charge >= 0.3 is 11.9 Å². The van der Waals surface area contributed by atoms with Crippen LogP contribution in [0.1, 0.15) is 10.4 Å². The molecule has 1 aliphatic rings. The summed E-state index contributed by atoms with van der Waals surface area (Å²) in [5.74, 6) is -1.16. The lowest BCUT2D eigenvalue weighted by molar-refractivity contribution is -0.130. The molecular weight excluding hydrogens is 228 g/mol. The van der Waals surface area contributed by atoms with Crippen LogP contribution in [0.4, 0.5) is 0 Å². The predicted molar refractivity (Wildman–Crippen MR) is 54.2 cm³/mol. The zero-order valence-electron chi connectivity index (χ0n) is 8.48. The first-order chi connectivity index (χ1) is 8.11. The largest absolute Gasteiger partial charge is 0.448 e. The summed E-state index contributed by atoms with van der Waals surface area (Å²) in [5.41, 5.74) is 0.771. The van der Waals surface area contributed by atoms with E-state index < -0.39 is 18.5 Å². The van der Waals surface area contributed by atoms with Crippen molar-refractivity contribution in [1.82, 2.24) is 0 Å². The summed E-state index contributed by atoms with van der Waals surface area (Å²) in [6.45, 7) is 2.82. The van der Waals surface area contributed by atoms with Crippen LogP contribution in [0.5, 0.6) is 11.5 Å². The molecule has 0 fully saturated rings. The van der Waals surface area contributed by atoms with Gasteiger partial charge in [0.1, 0.15) is 5.56 Å². The van der Waals surface area contributed by atoms with Gasteiger partial charge in [0.15, 0.2) is 11.2 Å². The first kappa shape index (κ1) is 9.86. The van der Waals surface area contributed by atoms with Crippen LogP contribution in [0.3, 0.4) is 0 Å². The summed E-state index contributed by atoms with van der Waals surface area (Å²) >= 11 is 0. The summed E-state index contributed by atoms with van der Waals surface area (Å²) in [5, 5.41) is 8.73. The maximum absolute atomic E-state index is 11.4. The number of aliphatic hydroxyl groups excluding tert-OH is 1. The molecule has 0 aromatic carbocycles. The highest BCUT2D eigenvalue weighted by atomic mass is 16.6. The second kappa shape index (κ2) is 3.08. The molecule has 0 saturated heterocycles. The van der Waals surface area contributed by atoms with Crippen LogP contribution in [0, 0.1) is 0 Å². The van der Waals surface area contributed by atoms with Gasteiger partial charge in [-0.25, -0.2) is 9.59 Å². The molecule has 3 rings (SSSR count). The SMILES string of the molecule is C=C(CO)C(=O)Oc1c2c3oc1cc3C(=O)O2. The maximum Gasteiger partial charge on any atom is 0.347 e. The number of aliphatic hydroxyl groups is 1. The first-order valence-electron chi connectivity index (χ1n) is 4.73. The van der Waals surface area contributed by atoms with Gasteiger partial charge in [-0.3, -0.25) is 0 Å². The lowest BCUT2D eigenvalue weighted by atomic mass is 10.2. The molecule has 1 aliphatic heterocycles. The van der Waals surface area contributed by atoms with Crippen LogP contribution in [-0.2, 0) is 4.79 Å². The Balaban J connectivity index is 1.97. The molecule has 2 aromatic rings. The molecule has 6 heteroatoms. The first-order valence-corrected chi connectivity index (χ1v) is 4.73. The van der Waals surface area contributed by atoms with Crippen molar-refractivity contribution >= 4 is 23.1 Å². The van der Waals surface area contributed by atoms with Crippen LogP contribution < -0.4 is 9.47 Å². The average molecular weight is 234 g/mol. The molecule has 0 amide bonds. The van der Waals surface area contributed by atoms with Gasteiger partial charge in [-0.1, -0.05) is 6.58 Å². The van der Waals surface area contributed by atoms with Crippen molar-refractivity contribution in [2.24, 2.45) is 0 Å². The van der Waals surface area contributed by atoms with E-state index in [0.29, 0.717) is 5.56 Å². The molecular formula is C11H6O6. The number of fused-ring (bicyclic) bond motifs is 1. The van der Waals surface area contributed by atoms with Crippen molar-refractivity contribution in [3.8, 4) is 11.5 Å². The Morgan fingerprint density at radius 1 is 1.53 bits per heavy atom. The van der Waals surface area contributed by atoms with Crippen molar-refractivity contribution in [1.29, 1.82) is 0 Å². The molecule has 0 saturated carbocycles. The number of carbonyl (C=O) groups excluding carboxylic acids is 2. The number of benzene rings is 1. The third kappa shape index (κ3) is 1.18. The molecule has 0 radical (unpaired) electrons. The van der Waals surface area contributed by atoms with Crippen molar-refractivity contribution in [2.45, 2.75) is 0 Å². The van der Waals surface area contributed by atoms with E-state index in [4.69, 9.17) is 19.0 Å². The van der Waals surface area contributed by atoms with Crippen molar-refractivity contribution < 1.29 is 28.6 Å². The molecule has 2 bridgehead atoms. The van der Waals surface area contributed by atoms with E-state index in [-0.39, 0.29) is 28.2 Å². The summed E-state index contributed by atoms with van der Waals surface area (Å²) in [6, 6.07) is 1.44. The Hall–Kier alpha value is -2.34. The molecule has 0 unspecified atom stereocenters. The monoisotopic (exact) mass is 234 g/mol. The smallest absolute Gasteiger partial charge is 0.347 e. The number of rotatable bonds is 3. The van der Waals surface area contributed by atoms with Gasteiger partial charge in [-0.15, -0.1) is 0 Å². The summed E-state index contributed by atoms with van der Waals surface area (Å²) in [4.78, 5) is 22.7. The second-order valence-electron chi connectivity index (χ2n) is 3.55. The van der Waals surface area contributed by atoms with E-state index in [1.807, 2.05) is 0 Å². The number of esters is 2. The van der Waals surface area contributed by atoms with E-state index in [1.165, 1.54) is 6.07 Å². The van der Waals surface area contributed by atoms with Gasteiger partial charge in [0.2, 0.25) is 11.5 Å². The highest BCUT2D eigenvalue weighted by Gasteiger charge is 2.36. The molecule has 0 aliphatic carbocycles. The number of hydrogen-bond donors (Lipinski definition) is 1. The van der Waals surface area contributed by atoms with Gasteiger partial charge in [0.25, 0.3) is 0 Å². The molecule has 1 N–H and O–H groups in total. The van der Waals surface area contributed by atoms with Crippen LogP contribution in [0.2, 0.25) is 0 Å². The Morgan fingerprint density at radius 3 is 3.00 bits per heavy atom. The third-order valence-electron chi connectivity index (χ3n) is 2.46. The van der Waals surface area contributed by atoms with E-state index in [0.717, 1.165) is 0 Å². The quantitative estimate of drug-likeness (QED) is 0.481. The van der Waals surface area contributed by atoms with Crippen LogP contribution in [0.15, 0.2) is 22.6 Å². The number of carbonyl (C=O) groups is 2. The molecule has 0 atom stereocenters. The standard InChI is InChI=1S/C11H6O6/c1-4(3-12)10(13)16-8-6-2-5-7(15-6)9(8)17-11(5)14/h2,12H,1,3H2. The number of hydrogen-bond acceptors (Lipinski definition) is 6. The fraction of sp³-hybridized carbons (Fsp3) is 0.0909. The van der Waals surface area contributed by atoms with Gasteiger partial charge in [0.05, 0.1) is 12.2 Å². The van der Waals surface area contributed by atoms with Crippen molar-refractivity contribution in [2.75, 3.05) is 6.61 Å². The molecule has 86 valence electrons. The van der Waals surface area contributed by atoms with Crippen LogP contribution in [-0.4, -0.2) is 23.7 Å². The maximum atomic E-state index is 11.4. The van der Waals surface area contributed by atoms with E-state index >= 15 is 0 Å². The Bertz CT molecular complexity index is 650. The van der Waals surface area contributed by atoms with Crippen LogP contribution >= 0.6 is 0 Å². The molecule has 0 spiro atoms. The Kier molecular flexibility index (Phi) is 1.79. The minimum Gasteiger partial charge on any atom is -0.448 e. The van der Waals surface area contributed by atoms with E-state index in [2.05, 4.69) is 6.58 Å². The molecule has 3 heterocycles. The highest BCUT2D eigenvalue weighted by Crippen LogP contribution is 2.49. The summed E-state index contributed by atoms with van der Waals surface area (Å²) in [6.07, 6.45) is 0.